The fraction of sp³-hybridized carbons (Fsp3) is 0.300. The zero-order chi connectivity index (χ0) is 12.8. The van der Waals surface area contributed by atoms with E-state index >= 15 is 0 Å². The van der Waals surface area contributed by atoms with Gasteiger partial charge in [-0.15, -0.1) is 0 Å². The third-order valence-electron chi connectivity index (χ3n) is 2.16. The molecule has 1 atom stereocenters. The van der Waals surface area contributed by atoms with Gasteiger partial charge in [0.1, 0.15) is 12.6 Å². The van der Waals surface area contributed by atoms with Crippen molar-refractivity contribution in [3.05, 3.63) is 39.9 Å². The minimum absolute atomic E-state index is 0.0753. The van der Waals surface area contributed by atoms with Crippen LogP contribution in [0.3, 0.4) is 0 Å². The number of esters is 1. The Labute approximate surface area is 97.7 Å². The third-order valence-corrected chi connectivity index (χ3v) is 2.16. The first-order valence-corrected chi connectivity index (χ1v) is 4.91. The molecule has 0 saturated carbocycles. The summed E-state index contributed by atoms with van der Waals surface area (Å²) in [5.74, 6) is 4.50. The predicted molar refractivity (Wildman–Crippen MR) is 59.7 cm³/mol. The zero-order valence-electron chi connectivity index (χ0n) is 9.25. The van der Waals surface area contributed by atoms with Crippen LogP contribution in [0.4, 0.5) is 5.69 Å². The molecule has 17 heavy (non-hydrogen) atoms. The van der Waals surface area contributed by atoms with Gasteiger partial charge in [0.05, 0.1) is 10.5 Å². The van der Waals surface area contributed by atoms with Gasteiger partial charge in [0.15, 0.2) is 0 Å². The fourth-order valence-corrected chi connectivity index (χ4v) is 1.15. The molecule has 0 spiro atoms. The van der Waals surface area contributed by atoms with E-state index in [1.807, 2.05) is 0 Å². The van der Waals surface area contributed by atoms with Gasteiger partial charge in [0.25, 0.3) is 5.69 Å². The highest BCUT2D eigenvalue weighted by Crippen LogP contribution is 2.18. The molecule has 0 aromatic heterocycles. The van der Waals surface area contributed by atoms with E-state index in [-0.39, 0.29) is 12.3 Å². The summed E-state index contributed by atoms with van der Waals surface area (Å²) in [7, 11) is 0. The number of para-hydroxylation sites is 1. The molecule has 0 aliphatic carbocycles. The molecule has 0 amide bonds. The van der Waals surface area contributed by atoms with Gasteiger partial charge in [0.2, 0.25) is 0 Å². The molecule has 0 aliphatic rings. The largest absolute Gasteiger partial charge is 0.459 e. The zero-order valence-corrected chi connectivity index (χ0v) is 9.25. The molecule has 0 radical (unpaired) electrons. The van der Waals surface area contributed by atoms with E-state index in [1.54, 1.807) is 12.1 Å². The Morgan fingerprint density at radius 3 is 2.82 bits per heavy atom. The van der Waals surface area contributed by atoms with Crippen molar-refractivity contribution in [2.75, 3.05) is 0 Å². The van der Waals surface area contributed by atoms with Gasteiger partial charge in [-0.2, -0.15) is 0 Å². The Hall–Kier alpha value is -1.99. The molecule has 0 heterocycles. The molecule has 3 N–H and O–H groups in total. The maximum absolute atomic E-state index is 11.3. The van der Waals surface area contributed by atoms with E-state index in [0.717, 1.165) is 0 Å². The van der Waals surface area contributed by atoms with Crippen molar-refractivity contribution >= 4 is 11.7 Å². The molecule has 0 saturated heterocycles. The first kappa shape index (κ1) is 13.1. The number of carbonyl (C=O) groups is 1. The lowest BCUT2D eigenvalue weighted by Gasteiger charge is -2.10. The van der Waals surface area contributed by atoms with E-state index in [4.69, 9.17) is 10.6 Å². The minimum atomic E-state index is -0.655. The number of nitrogens with one attached hydrogen (secondary N) is 1. The first-order valence-electron chi connectivity index (χ1n) is 4.91. The fourth-order valence-electron chi connectivity index (χ4n) is 1.15. The lowest BCUT2D eigenvalue weighted by atomic mass is 10.2. The highest BCUT2D eigenvalue weighted by Gasteiger charge is 2.16. The van der Waals surface area contributed by atoms with Crippen molar-refractivity contribution in [2.24, 2.45) is 5.84 Å². The van der Waals surface area contributed by atoms with Gasteiger partial charge in [-0.3, -0.25) is 20.8 Å². The van der Waals surface area contributed by atoms with Crippen LogP contribution in [0.2, 0.25) is 0 Å². The summed E-state index contributed by atoms with van der Waals surface area (Å²) >= 11 is 0. The van der Waals surface area contributed by atoms with E-state index in [2.05, 4.69) is 5.43 Å². The van der Waals surface area contributed by atoms with Crippen molar-refractivity contribution in [1.29, 1.82) is 0 Å². The quantitative estimate of drug-likeness (QED) is 0.335. The molecule has 0 bridgehead atoms. The maximum Gasteiger partial charge on any atom is 0.324 e. The second-order valence-corrected chi connectivity index (χ2v) is 3.38. The predicted octanol–water partition coefficient (Wildman–Crippen LogP) is 0.490. The number of benzene rings is 1. The second kappa shape index (κ2) is 5.92. The number of hydrogen-bond donors (Lipinski definition) is 2. The molecular weight excluding hydrogens is 226 g/mol. The average molecular weight is 239 g/mol. The molecule has 1 aromatic carbocycles. The monoisotopic (exact) mass is 239 g/mol. The summed E-state index contributed by atoms with van der Waals surface area (Å²) in [5.41, 5.74) is 2.50. The van der Waals surface area contributed by atoms with Crippen molar-refractivity contribution in [3.63, 3.8) is 0 Å². The number of ether oxygens (including phenoxy) is 1. The van der Waals surface area contributed by atoms with Crippen LogP contribution in [0, 0.1) is 10.1 Å². The second-order valence-electron chi connectivity index (χ2n) is 3.38. The molecule has 1 unspecified atom stereocenters. The summed E-state index contributed by atoms with van der Waals surface area (Å²) in [6.07, 6.45) is 0. The number of nitro benzene ring substituents is 1. The molecule has 0 fully saturated rings. The Morgan fingerprint density at radius 1 is 1.59 bits per heavy atom. The number of nitrogens with two attached hydrogens (primary N) is 1. The Morgan fingerprint density at radius 2 is 2.24 bits per heavy atom. The van der Waals surface area contributed by atoms with Crippen LogP contribution in [0.15, 0.2) is 24.3 Å². The van der Waals surface area contributed by atoms with Crippen LogP contribution in [0.25, 0.3) is 0 Å². The highest BCUT2D eigenvalue weighted by atomic mass is 16.6. The number of carbonyl (C=O) groups excluding carboxylic acids is 1. The molecule has 1 aromatic rings. The van der Waals surface area contributed by atoms with Crippen LogP contribution in [-0.4, -0.2) is 16.9 Å². The summed E-state index contributed by atoms with van der Waals surface area (Å²) in [5, 5.41) is 10.7. The van der Waals surface area contributed by atoms with Crippen LogP contribution in [0.5, 0.6) is 0 Å². The van der Waals surface area contributed by atoms with Crippen LogP contribution >= 0.6 is 0 Å². The summed E-state index contributed by atoms with van der Waals surface area (Å²) in [4.78, 5) is 21.5. The standard InChI is InChI=1S/C10H13N3O4/c1-7(12-11)10(14)17-6-8-4-2-3-5-9(8)13(15)16/h2-5,7,12H,6,11H2,1H3. The van der Waals surface area contributed by atoms with Crippen LogP contribution in [-0.2, 0) is 16.1 Å². The number of nitro groups is 1. The normalized spacial score (nSPS) is 11.9. The van der Waals surface area contributed by atoms with E-state index in [1.165, 1.54) is 19.1 Å². The third kappa shape index (κ3) is 3.51. The summed E-state index contributed by atoms with van der Waals surface area (Å²) in [6, 6.07) is 5.42. The Bertz CT molecular complexity index is 422. The summed E-state index contributed by atoms with van der Waals surface area (Å²) < 4.78 is 4.89. The van der Waals surface area contributed by atoms with Crippen molar-refractivity contribution < 1.29 is 14.5 Å². The molecule has 7 heteroatoms. The lowest BCUT2D eigenvalue weighted by molar-refractivity contribution is -0.385. The topological polar surface area (TPSA) is 107 Å². The van der Waals surface area contributed by atoms with Gasteiger partial charge in [-0.1, -0.05) is 12.1 Å². The van der Waals surface area contributed by atoms with E-state index < -0.39 is 16.9 Å². The Kier molecular flexibility index (Phi) is 4.56. The number of hydrogen-bond acceptors (Lipinski definition) is 6. The van der Waals surface area contributed by atoms with Gasteiger partial charge < -0.3 is 4.74 Å². The lowest BCUT2D eigenvalue weighted by Crippen LogP contribution is -2.39. The molecule has 7 nitrogen and oxygen atoms in total. The van der Waals surface area contributed by atoms with E-state index in [0.29, 0.717) is 5.56 Å². The van der Waals surface area contributed by atoms with E-state index in [9.17, 15) is 14.9 Å². The van der Waals surface area contributed by atoms with Crippen molar-refractivity contribution in [1.82, 2.24) is 5.43 Å². The number of rotatable bonds is 5. The average Bonchev–Trinajstić information content (AvgIpc) is 2.35. The maximum atomic E-state index is 11.3. The molecule has 1 rings (SSSR count). The number of nitrogens with zero attached hydrogens (tertiary/aromatic N) is 1. The first-order chi connectivity index (χ1) is 8.06. The van der Waals surface area contributed by atoms with Crippen molar-refractivity contribution in [2.45, 2.75) is 19.6 Å². The smallest absolute Gasteiger partial charge is 0.324 e. The minimum Gasteiger partial charge on any atom is -0.459 e. The molecule has 92 valence electrons. The van der Waals surface area contributed by atoms with Gasteiger partial charge in [0, 0.05) is 6.07 Å². The Balaban J connectivity index is 2.69. The number of hydrazine groups is 1. The van der Waals surface area contributed by atoms with Gasteiger partial charge >= 0.3 is 5.97 Å². The molecular formula is C10H13N3O4. The van der Waals surface area contributed by atoms with Crippen molar-refractivity contribution in [3.8, 4) is 0 Å². The van der Waals surface area contributed by atoms with Gasteiger partial charge in [-0.25, -0.2) is 5.43 Å². The van der Waals surface area contributed by atoms with Gasteiger partial charge in [-0.05, 0) is 13.0 Å². The highest BCUT2D eigenvalue weighted by molar-refractivity contribution is 5.75. The SMILES string of the molecule is CC(NN)C(=O)OCc1ccccc1[N+](=O)[O-]. The summed E-state index contributed by atoms with van der Waals surface area (Å²) in [6.45, 7) is 1.38. The molecule has 0 aliphatic heterocycles. The van der Waals surface area contributed by atoms with Crippen LogP contribution < -0.4 is 11.3 Å². The van der Waals surface area contributed by atoms with Crippen LogP contribution in [0.1, 0.15) is 12.5 Å².